The lowest BCUT2D eigenvalue weighted by Crippen LogP contribution is -2.57. The summed E-state index contributed by atoms with van der Waals surface area (Å²) >= 11 is 0. The molecule has 1 unspecified atom stereocenters. The van der Waals surface area contributed by atoms with Gasteiger partial charge in [0, 0.05) is 42.6 Å². The predicted molar refractivity (Wildman–Crippen MR) is 176 cm³/mol. The second kappa shape index (κ2) is 12.3. The van der Waals surface area contributed by atoms with Gasteiger partial charge >= 0.3 is 5.69 Å². The molecule has 1 saturated carbocycles. The Morgan fingerprint density at radius 2 is 1.65 bits per heavy atom. The first kappa shape index (κ1) is 31.1. The number of rotatable bonds is 6. The standard InChI is InChI=1S/C35H34F2N8O4/c36-22-4-9-30-40-29(19-43(30)17-22)33(47)39-24-5-7-25(8-6-24)45-34(48)27-15-23(37)16-38-31(27)44(35(45)49)26-3-1-2-21(14-26)32(46)41-28-18-42-12-10-20(28)11-13-42/h1-4,9,14-17,19-20,24-25,28H,5-8,10-13,18H2,(H,39,47)(H,41,46). The molecular formula is C35H34F2N8O4. The summed E-state index contributed by atoms with van der Waals surface area (Å²) in [5.41, 5.74) is -0.0154. The van der Waals surface area contributed by atoms with Gasteiger partial charge in [-0.2, -0.15) is 0 Å². The zero-order valence-electron chi connectivity index (χ0n) is 26.5. The minimum Gasteiger partial charge on any atom is -0.348 e. The van der Waals surface area contributed by atoms with E-state index in [1.807, 2.05) is 0 Å². The van der Waals surface area contributed by atoms with Gasteiger partial charge in [-0.25, -0.2) is 28.1 Å². The topological polar surface area (TPSA) is 136 Å². The van der Waals surface area contributed by atoms with Crippen LogP contribution in [0.5, 0.6) is 0 Å². The molecule has 7 heterocycles. The smallest absolute Gasteiger partial charge is 0.337 e. The fourth-order valence-corrected chi connectivity index (χ4v) is 7.72. The van der Waals surface area contributed by atoms with E-state index in [1.165, 1.54) is 33.5 Å². The molecule has 252 valence electrons. The fraction of sp³-hybridized carbons (Fsp3) is 0.371. The number of benzene rings is 1. The van der Waals surface area contributed by atoms with E-state index in [2.05, 4.69) is 25.5 Å². The van der Waals surface area contributed by atoms with Crippen molar-refractivity contribution in [2.24, 2.45) is 5.92 Å². The monoisotopic (exact) mass is 668 g/mol. The summed E-state index contributed by atoms with van der Waals surface area (Å²) in [5.74, 6) is -1.38. The first-order valence-electron chi connectivity index (χ1n) is 16.6. The summed E-state index contributed by atoms with van der Waals surface area (Å²) in [6.07, 6.45) is 7.49. The molecule has 4 aromatic heterocycles. The maximum absolute atomic E-state index is 14.5. The number of nitrogens with zero attached hydrogens (tertiary/aromatic N) is 6. The van der Waals surface area contributed by atoms with Crippen molar-refractivity contribution in [2.45, 2.75) is 56.7 Å². The number of aromatic nitrogens is 5. The zero-order valence-corrected chi connectivity index (χ0v) is 26.5. The Balaban J connectivity index is 1.05. The van der Waals surface area contributed by atoms with Gasteiger partial charge in [-0.15, -0.1) is 0 Å². The van der Waals surface area contributed by atoms with Gasteiger partial charge in [0.25, 0.3) is 17.4 Å². The molecule has 3 saturated heterocycles. The van der Waals surface area contributed by atoms with E-state index >= 15 is 0 Å². The van der Waals surface area contributed by atoms with Crippen LogP contribution in [0.2, 0.25) is 0 Å². The van der Waals surface area contributed by atoms with Gasteiger partial charge in [0.15, 0.2) is 5.65 Å². The molecule has 3 aliphatic heterocycles. The Labute approximate surface area is 278 Å². The number of halogens is 2. The summed E-state index contributed by atoms with van der Waals surface area (Å²) in [6, 6.07) is 9.72. The van der Waals surface area contributed by atoms with E-state index in [-0.39, 0.29) is 34.7 Å². The van der Waals surface area contributed by atoms with Gasteiger partial charge < -0.3 is 19.9 Å². The van der Waals surface area contributed by atoms with Crippen LogP contribution in [0.4, 0.5) is 8.78 Å². The molecule has 1 aromatic carbocycles. The molecule has 0 radical (unpaired) electrons. The second-order valence-electron chi connectivity index (χ2n) is 13.3. The zero-order chi connectivity index (χ0) is 33.8. The van der Waals surface area contributed by atoms with Crippen molar-refractivity contribution in [3.05, 3.63) is 105 Å². The van der Waals surface area contributed by atoms with Gasteiger partial charge in [-0.05, 0) is 93.9 Å². The molecule has 4 aliphatic rings. The number of piperidine rings is 3. The van der Waals surface area contributed by atoms with Crippen LogP contribution in [0.25, 0.3) is 22.4 Å². The first-order chi connectivity index (χ1) is 23.7. The van der Waals surface area contributed by atoms with Gasteiger partial charge in [0.2, 0.25) is 0 Å². The van der Waals surface area contributed by atoms with E-state index in [4.69, 9.17) is 0 Å². The van der Waals surface area contributed by atoms with Crippen LogP contribution in [-0.2, 0) is 0 Å². The van der Waals surface area contributed by atoms with Crippen LogP contribution in [0.1, 0.15) is 65.4 Å². The number of carbonyl (C=O) groups is 2. The lowest BCUT2D eigenvalue weighted by atomic mass is 9.84. The number of hydrogen-bond donors (Lipinski definition) is 2. The molecule has 5 aromatic rings. The summed E-state index contributed by atoms with van der Waals surface area (Å²) in [5, 5.41) is 6.08. The highest BCUT2D eigenvalue weighted by atomic mass is 19.1. The number of nitrogens with one attached hydrogen (secondary N) is 2. The predicted octanol–water partition coefficient (Wildman–Crippen LogP) is 3.21. The minimum atomic E-state index is -0.715. The van der Waals surface area contributed by atoms with E-state index in [9.17, 15) is 28.0 Å². The molecular weight excluding hydrogens is 634 g/mol. The second-order valence-corrected chi connectivity index (χ2v) is 13.3. The van der Waals surface area contributed by atoms with Crippen molar-refractivity contribution in [3.8, 4) is 5.69 Å². The molecule has 9 rings (SSSR count). The van der Waals surface area contributed by atoms with Gasteiger partial charge in [0.05, 0.1) is 17.3 Å². The molecule has 1 aliphatic carbocycles. The summed E-state index contributed by atoms with van der Waals surface area (Å²) < 4.78 is 31.9. The highest BCUT2D eigenvalue weighted by Gasteiger charge is 2.35. The van der Waals surface area contributed by atoms with Crippen molar-refractivity contribution >= 4 is 28.5 Å². The average molecular weight is 669 g/mol. The third-order valence-corrected chi connectivity index (χ3v) is 10.3. The lowest BCUT2D eigenvalue weighted by Gasteiger charge is -2.44. The number of hydrogen-bond acceptors (Lipinski definition) is 7. The van der Waals surface area contributed by atoms with Crippen molar-refractivity contribution in [1.82, 2.24) is 39.0 Å². The summed E-state index contributed by atoms with van der Waals surface area (Å²) in [7, 11) is 0. The molecule has 2 amide bonds. The Morgan fingerprint density at radius 3 is 2.41 bits per heavy atom. The molecule has 2 bridgehead atoms. The van der Waals surface area contributed by atoms with E-state index in [0.717, 1.165) is 49.3 Å². The number of amides is 2. The maximum Gasteiger partial charge on any atom is 0.337 e. The molecule has 14 heteroatoms. The lowest BCUT2D eigenvalue weighted by molar-refractivity contribution is 0.0620. The van der Waals surface area contributed by atoms with Crippen molar-refractivity contribution in [1.29, 1.82) is 0 Å². The van der Waals surface area contributed by atoms with E-state index < -0.39 is 34.8 Å². The Hall–Kier alpha value is -5.24. The Morgan fingerprint density at radius 1 is 0.857 bits per heavy atom. The first-order valence-corrected chi connectivity index (χ1v) is 16.6. The van der Waals surface area contributed by atoms with Gasteiger partial charge in [-0.3, -0.25) is 19.0 Å². The van der Waals surface area contributed by atoms with Crippen LogP contribution in [-0.4, -0.2) is 71.9 Å². The van der Waals surface area contributed by atoms with Crippen molar-refractivity contribution in [3.63, 3.8) is 0 Å². The summed E-state index contributed by atoms with van der Waals surface area (Å²) in [6.45, 7) is 2.91. The van der Waals surface area contributed by atoms with Gasteiger partial charge in [-0.1, -0.05) is 6.07 Å². The average Bonchev–Trinajstić information content (AvgIpc) is 3.54. The molecule has 1 atom stereocenters. The van der Waals surface area contributed by atoms with Crippen LogP contribution in [0.3, 0.4) is 0 Å². The number of fused-ring (bicyclic) bond motifs is 5. The number of imidazole rings is 1. The van der Waals surface area contributed by atoms with Gasteiger partial charge in [0.1, 0.15) is 23.0 Å². The third kappa shape index (κ3) is 5.79. The van der Waals surface area contributed by atoms with Crippen LogP contribution >= 0.6 is 0 Å². The van der Waals surface area contributed by atoms with Crippen molar-refractivity contribution < 1.29 is 18.4 Å². The van der Waals surface area contributed by atoms with E-state index in [0.29, 0.717) is 48.5 Å². The van der Waals surface area contributed by atoms with Crippen LogP contribution in [0.15, 0.2) is 70.6 Å². The molecule has 12 nitrogen and oxygen atoms in total. The normalized spacial score (nSPS) is 23.5. The minimum absolute atomic E-state index is 0.00381. The quantitative estimate of drug-likeness (QED) is 0.284. The Bertz CT molecular complexity index is 2230. The third-order valence-electron chi connectivity index (χ3n) is 10.3. The highest BCUT2D eigenvalue weighted by molar-refractivity contribution is 5.95. The summed E-state index contributed by atoms with van der Waals surface area (Å²) in [4.78, 5) is 65.1. The van der Waals surface area contributed by atoms with E-state index in [1.54, 1.807) is 24.3 Å². The molecule has 49 heavy (non-hydrogen) atoms. The van der Waals surface area contributed by atoms with Crippen LogP contribution < -0.4 is 21.9 Å². The Kier molecular flexibility index (Phi) is 7.82. The largest absolute Gasteiger partial charge is 0.348 e. The fourth-order valence-electron chi connectivity index (χ4n) is 7.72. The number of pyridine rings is 2. The SMILES string of the molecule is O=C(NC1CN2CCC1CC2)c1cccc(-n2c(=O)n(C3CCC(NC(=O)c4cn5cc(F)ccc5n4)CC3)c(=O)c3cc(F)cnc32)c1. The molecule has 4 fully saturated rings. The molecule has 0 spiro atoms. The molecule has 2 N–H and O–H groups in total. The van der Waals surface area contributed by atoms with Crippen LogP contribution in [0, 0.1) is 17.6 Å². The highest BCUT2D eigenvalue weighted by Crippen LogP contribution is 2.29. The maximum atomic E-state index is 14.5. The number of carbonyl (C=O) groups excluding carboxylic acids is 2. The van der Waals surface area contributed by atoms with Crippen molar-refractivity contribution in [2.75, 3.05) is 19.6 Å².